The van der Waals surface area contributed by atoms with Crippen molar-refractivity contribution in [3.05, 3.63) is 65.9 Å². The van der Waals surface area contributed by atoms with Crippen molar-refractivity contribution in [1.29, 1.82) is 0 Å². The third kappa shape index (κ3) is 4.61. The van der Waals surface area contributed by atoms with Crippen LogP contribution in [0.15, 0.2) is 54.6 Å². The molecule has 28 heavy (non-hydrogen) atoms. The Balaban J connectivity index is 1.20. The van der Waals surface area contributed by atoms with Crippen molar-refractivity contribution in [2.75, 3.05) is 45.9 Å². The first-order valence-electron chi connectivity index (χ1n) is 9.92. The first kappa shape index (κ1) is 18.7. The lowest BCUT2D eigenvalue weighted by atomic mass is 10.2. The van der Waals surface area contributed by atoms with Crippen LogP contribution in [0.5, 0.6) is 5.75 Å². The van der Waals surface area contributed by atoms with Crippen molar-refractivity contribution in [3.63, 3.8) is 0 Å². The van der Waals surface area contributed by atoms with Gasteiger partial charge in [-0.05, 0) is 31.2 Å². The van der Waals surface area contributed by atoms with Gasteiger partial charge in [-0.1, -0.05) is 35.9 Å². The smallest absolute Gasteiger partial charge is 0.192 e. The number of H-pyrrole nitrogens is 1. The molecule has 4 rings (SSSR count). The van der Waals surface area contributed by atoms with Gasteiger partial charge in [0, 0.05) is 43.6 Å². The molecular formula is C23H27N3O2. The molecule has 1 aliphatic rings. The molecule has 0 amide bonds. The fraction of sp³-hybridized carbons (Fsp3) is 0.348. The van der Waals surface area contributed by atoms with Crippen LogP contribution in [0, 0.1) is 6.92 Å². The number of benzene rings is 2. The summed E-state index contributed by atoms with van der Waals surface area (Å²) in [4.78, 5) is 20.5. The molecular weight excluding hydrogens is 350 g/mol. The van der Waals surface area contributed by atoms with Gasteiger partial charge >= 0.3 is 0 Å². The fourth-order valence-electron chi connectivity index (χ4n) is 3.61. The summed E-state index contributed by atoms with van der Waals surface area (Å²) in [7, 11) is 0. The zero-order chi connectivity index (χ0) is 19.3. The summed E-state index contributed by atoms with van der Waals surface area (Å²) in [6.07, 6.45) is 0. The van der Waals surface area contributed by atoms with E-state index in [0.29, 0.717) is 18.8 Å². The number of ether oxygens (including phenoxy) is 1. The molecule has 0 saturated carbocycles. The topological polar surface area (TPSA) is 48.6 Å². The Kier molecular flexibility index (Phi) is 5.74. The van der Waals surface area contributed by atoms with Crippen molar-refractivity contribution in [1.82, 2.24) is 14.8 Å². The van der Waals surface area contributed by atoms with Gasteiger partial charge in [-0.2, -0.15) is 0 Å². The molecule has 146 valence electrons. The number of rotatable bonds is 7. The molecule has 1 fully saturated rings. The minimum atomic E-state index is 0.160. The summed E-state index contributed by atoms with van der Waals surface area (Å²) in [5.74, 6) is 1.08. The molecule has 2 aromatic carbocycles. The first-order valence-corrected chi connectivity index (χ1v) is 9.92. The first-order chi connectivity index (χ1) is 13.7. The van der Waals surface area contributed by atoms with Crippen LogP contribution in [0.25, 0.3) is 10.9 Å². The highest BCUT2D eigenvalue weighted by Crippen LogP contribution is 2.16. The highest BCUT2D eigenvalue weighted by molar-refractivity contribution is 6.00. The Labute approximate surface area is 165 Å². The van der Waals surface area contributed by atoms with Crippen molar-refractivity contribution in [2.24, 2.45) is 0 Å². The summed E-state index contributed by atoms with van der Waals surface area (Å²) in [6.45, 7) is 7.92. The number of carbonyl (C=O) groups excluding carboxylic acids is 1. The molecule has 0 radical (unpaired) electrons. The molecule has 2 heterocycles. The Hall–Kier alpha value is -2.63. The minimum absolute atomic E-state index is 0.160. The molecule has 0 atom stereocenters. The highest BCUT2D eigenvalue weighted by atomic mass is 16.5. The second kappa shape index (κ2) is 8.59. The van der Waals surface area contributed by atoms with Crippen molar-refractivity contribution in [2.45, 2.75) is 6.92 Å². The maximum Gasteiger partial charge on any atom is 0.192 e. The number of ketones is 1. The van der Waals surface area contributed by atoms with Gasteiger partial charge in [-0.25, -0.2) is 0 Å². The number of carbonyl (C=O) groups is 1. The average Bonchev–Trinajstić information content (AvgIpc) is 3.15. The Morgan fingerprint density at radius 1 is 1.00 bits per heavy atom. The summed E-state index contributed by atoms with van der Waals surface area (Å²) in [5.41, 5.74) is 2.96. The number of nitrogens with one attached hydrogen (secondary N) is 1. The van der Waals surface area contributed by atoms with E-state index < -0.39 is 0 Å². The standard InChI is InChI=1S/C23H27N3O2/c1-18-6-8-20(9-7-18)28-15-14-25-10-12-26(13-11-25)17-23(27)22-16-19-4-2-3-5-21(19)24-22/h2-9,16,24H,10-15,17H2,1H3. The lowest BCUT2D eigenvalue weighted by molar-refractivity contribution is 0.0827. The molecule has 1 aromatic heterocycles. The molecule has 0 unspecified atom stereocenters. The van der Waals surface area contributed by atoms with Gasteiger partial charge in [0.25, 0.3) is 0 Å². The normalized spacial score (nSPS) is 15.8. The molecule has 1 aliphatic heterocycles. The number of para-hydroxylation sites is 1. The number of nitrogens with zero attached hydrogens (tertiary/aromatic N) is 2. The second-order valence-electron chi connectivity index (χ2n) is 7.47. The largest absolute Gasteiger partial charge is 0.492 e. The number of fused-ring (bicyclic) bond motifs is 1. The molecule has 5 heteroatoms. The van der Waals surface area contributed by atoms with Crippen molar-refractivity contribution in [3.8, 4) is 5.75 Å². The number of Topliss-reactive ketones (excluding diaryl/α,β-unsaturated/α-hetero) is 1. The van der Waals surface area contributed by atoms with E-state index in [1.807, 2.05) is 42.5 Å². The molecule has 0 spiro atoms. The van der Waals surface area contributed by atoms with Gasteiger partial charge in [0.1, 0.15) is 12.4 Å². The summed E-state index contributed by atoms with van der Waals surface area (Å²) >= 11 is 0. The predicted octanol–water partition coefficient (Wildman–Crippen LogP) is 3.36. The van der Waals surface area contributed by atoms with E-state index >= 15 is 0 Å². The number of aromatic amines is 1. The third-order valence-electron chi connectivity index (χ3n) is 5.36. The molecule has 1 saturated heterocycles. The number of hydrogen-bond acceptors (Lipinski definition) is 4. The van der Waals surface area contributed by atoms with Crippen molar-refractivity contribution < 1.29 is 9.53 Å². The Morgan fingerprint density at radius 2 is 1.71 bits per heavy atom. The van der Waals surface area contributed by atoms with Crippen LogP contribution in [0.4, 0.5) is 0 Å². The van der Waals surface area contributed by atoms with Crippen LogP contribution in [0.3, 0.4) is 0 Å². The zero-order valence-electron chi connectivity index (χ0n) is 16.4. The Bertz CT molecular complexity index is 891. The van der Waals surface area contributed by atoms with Gasteiger partial charge in [0.2, 0.25) is 0 Å². The van der Waals surface area contributed by atoms with Gasteiger partial charge in [-0.15, -0.1) is 0 Å². The maximum atomic E-state index is 12.6. The zero-order valence-corrected chi connectivity index (χ0v) is 16.4. The number of hydrogen-bond donors (Lipinski definition) is 1. The van der Waals surface area contributed by atoms with E-state index in [2.05, 4.69) is 33.8 Å². The molecule has 0 bridgehead atoms. The monoisotopic (exact) mass is 377 g/mol. The maximum absolute atomic E-state index is 12.6. The summed E-state index contributed by atoms with van der Waals surface area (Å²) in [5, 5.41) is 1.09. The molecule has 1 N–H and O–H groups in total. The van der Waals surface area contributed by atoms with Crippen LogP contribution in [0.1, 0.15) is 16.1 Å². The van der Waals surface area contributed by atoms with E-state index in [1.54, 1.807) is 0 Å². The average molecular weight is 377 g/mol. The predicted molar refractivity (Wildman–Crippen MR) is 112 cm³/mol. The van der Waals surface area contributed by atoms with Crippen molar-refractivity contribution >= 4 is 16.7 Å². The Morgan fingerprint density at radius 3 is 2.46 bits per heavy atom. The van der Waals surface area contributed by atoms with E-state index in [1.165, 1.54) is 5.56 Å². The fourth-order valence-corrected chi connectivity index (χ4v) is 3.61. The molecule has 3 aromatic rings. The van der Waals surface area contributed by atoms with Crippen LogP contribution in [0.2, 0.25) is 0 Å². The number of piperazine rings is 1. The minimum Gasteiger partial charge on any atom is -0.492 e. The van der Waals surface area contributed by atoms with Gasteiger partial charge < -0.3 is 9.72 Å². The molecule has 5 nitrogen and oxygen atoms in total. The van der Waals surface area contributed by atoms with E-state index in [9.17, 15) is 4.79 Å². The SMILES string of the molecule is Cc1ccc(OCCN2CCN(CC(=O)c3cc4ccccc4[nH]3)CC2)cc1. The quantitative estimate of drug-likeness (QED) is 0.642. The lowest BCUT2D eigenvalue weighted by Gasteiger charge is -2.34. The van der Waals surface area contributed by atoms with E-state index in [-0.39, 0.29) is 5.78 Å². The lowest BCUT2D eigenvalue weighted by Crippen LogP contribution is -2.48. The summed E-state index contributed by atoms with van der Waals surface area (Å²) < 4.78 is 5.83. The van der Waals surface area contributed by atoms with Crippen LogP contribution < -0.4 is 4.74 Å². The van der Waals surface area contributed by atoms with Gasteiger partial charge in [0.15, 0.2) is 5.78 Å². The van der Waals surface area contributed by atoms with Gasteiger partial charge in [-0.3, -0.25) is 14.6 Å². The van der Waals surface area contributed by atoms with Gasteiger partial charge in [0.05, 0.1) is 12.2 Å². The highest BCUT2D eigenvalue weighted by Gasteiger charge is 2.20. The van der Waals surface area contributed by atoms with Crippen LogP contribution in [-0.2, 0) is 0 Å². The second-order valence-corrected chi connectivity index (χ2v) is 7.47. The number of aryl methyl sites for hydroxylation is 1. The number of aromatic nitrogens is 1. The third-order valence-corrected chi connectivity index (χ3v) is 5.36. The van der Waals surface area contributed by atoms with Crippen LogP contribution >= 0.6 is 0 Å². The van der Waals surface area contributed by atoms with E-state index in [4.69, 9.17) is 4.74 Å². The van der Waals surface area contributed by atoms with Crippen LogP contribution in [-0.4, -0.2) is 66.4 Å². The van der Waals surface area contributed by atoms with E-state index in [0.717, 1.165) is 49.4 Å². The summed E-state index contributed by atoms with van der Waals surface area (Å²) in [6, 6.07) is 18.1. The molecule has 0 aliphatic carbocycles.